The minimum atomic E-state index is 0.349. The van der Waals surface area contributed by atoms with E-state index in [1.54, 1.807) is 7.11 Å². The molecule has 0 aliphatic carbocycles. The summed E-state index contributed by atoms with van der Waals surface area (Å²) in [6, 6.07) is 0. The number of ether oxygens (including phenoxy) is 1. The lowest BCUT2D eigenvalue weighted by Gasteiger charge is -2.31. The van der Waals surface area contributed by atoms with Gasteiger partial charge in [0.25, 0.3) is 0 Å². The number of hydrogen-bond acceptors (Lipinski definition) is 4. The van der Waals surface area contributed by atoms with Crippen LogP contribution in [0.4, 0.5) is 0 Å². The largest absolute Gasteiger partial charge is 0.384 e. The lowest BCUT2D eigenvalue weighted by molar-refractivity contribution is 0.134. The first-order chi connectivity index (χ1) is 9.65. The zero-order valence-corrected chi connectivity index (χ0v) is 12.3. The van der Waals surface area contributed by atoms with Gasteiger partial charge in [0.1, 0.15) is 0 Å². The molecule has 6 nitrogen and oxygen atoms in total. The predicted molar refractivity (Wildman–Crippen MR) is 75.1 cm³/mol. The number of hydrogen-bond donors (Lipinski definition) is 0. The topological polar surface area (TPSA) is 48.1 Å². The Bertz CT molecular complexity index is 588. The molecular formula is C14H21N5O. The van der Waals surface area contributed by atoms with E-state index >= 15 is 0 Å². The molecule has 0 saturated carbocycles. The molecule has 0 N–H and O–H groups in total. The summed E-state index contributed by atoms with van der Waals surface area (Å²) in [4.78, 5) is 2.44. The Labute approximate surface area is 118 Å². The van der Waals surface area contributed by atoms with Crippen molar-refractivity contribution in [2.45, 2.75) is 19.0 Å². The molecule has 0 spiro atoms. The van der Waals surface area contributed by atoms with E-state index in [2.05, 4.69) is 27.5 Å². The van der Waals surface area contributed by atoms with Crippen LogP contribution in [0.2, 0.25) is 0 Å². The van der Waals surface area contributed by atoms with E-state index < -0.39 is 0 Å². The molecule has 0 bridgehead atoms. The van der Waals surface area contributed by atoms with Crippen LogP contribution >= 0.6 is 0 Å². The molecule has 3 rings (SSSR count). The third kappa shape index (κ3) is 2.62. The lowest BCUT2D eigenvalue weighted by Crippen LogP contribution is -2.34. The first kappa shape index (κ1) is 13.3. The minimum absolute atomic E-state index is 0.349. The van der Waals surface area contributed by atoms with Crippen molar-refractivity contribution < 1.29 is 4.74 Å². The van der Waals surface area contributed by atoms with Crippen molar-refractivity contribution in [3.63, 3.8) is 0 Å². The summed E-state index contributed by atoms with van der Waals surface area (Å²) in [5.74, 6) is 0.349. The van der Waals surface area contributed by atoms with Crippen LogP contribution in [0, 0.1) is 0 Å². The first-order valence-corrected chi connectivity index (χ1v) is 6.87. The Kier molecular flexibility index (Phi) is 3.58. The van der Waals surface area contributed by atoms with Crippen LogP contribution in [0.15, 0.2) is 18.6 Å². The van der Waals surface area contributed by atoms with Crippen molar-refractivity contribution in [1.82, 2.24) is 24.5 Å². The molecule has 0 amide bonds. The maximum Gasteiger partial charge on any atom is 0.0736 e. The Balaban J connectivity index is 1.78. The Morgan fingerprint density at radius 3 is 2.85 bits per heavy atom. The molecular weight excluding hydrogens is 254 g/mol. The molecule has 0 fully saturated rings. The molecule has 0 radical (unpaired) electrons. The monoisotopic (exact) mass is 275 g/mol. The molecule has 0 aromatic carbocycles. The quantitative estimate of drug-likeness (QED) is 0.832. The normalized spacial score (nSPS) is 19.2. The minimum Gasteiger partial charge on any atom is -0.384 e. The SMILES string of the molecule is COCC1CN(Cc2cnn(C)c2)Cc2cn(C)nc21. The van der Waals surface area contributed by atoms with Gasteiger partial charge < -0.3 is 4.74 Å². The summed E-state index contributed by atoms with van der Waals surface area (Å²) >= 11 is 0. The highest BCUT2D eigenvalue weighted by atomic mass is 16.5. The smallest absolute Gasteiger partial charge is 0.0736 e. The van der Waals surface area contributed by atoms with Gasteiger partial charge in [-0.25, -0.2) is 0 Å². The van der Waals surface area contributed by atoms with E-state index in [4.69, 9.17) is 4.74 Å². The third-order valence-corrected chi connectivity index (χ3v) is 3.73. The van der Waals surface area contributed by atoms with Gasteiger partial charge >= 0.3 is 0 Å². The van der Waals surface area contributed by atoms with Gasteiger partial charge in [0.2, 0.25) is 0 Å². The summed E-state index contributed by atoms with van der Waals surface area (Å²) in [5, 5.41) is 8.83. The molecule has 2 aromatic heterocycles. The second-order valence-electron chi connectivity index (χ2n) is 5.56. The van der Waals surface area contributed by atoms with E-state index in [0.29, 0.717) is 12.5 Å². The number of rotatable bonds is 4. The highest BCUT2D eigenvalue weighted by molar-refractivity contribution is 5.25. The van der Waals surface area contributed by atoms with E-state index in [1.807, 2.05) is 29.7 Å². The van der Waals surface area contributed by atoms with Crippen molar-refractivity contribution in [3.8, 4) is 0 Å². The van der Waals surface area contributed by atoms with Crippen LogP contribution in [-0.2, 0) is 31.9 Å². The van der Waals surface area contributed by atoms with Crippen LogP contribution in [0.3, 0.4) is 0 Å². The van der Waals surface area contributed by atoms with Crippen molar-refractivity contribution in [2.75, 3.05) is 20.3 Å². The third-order valence-electron chi connectivity index (χ3n) is 3.73. The van der Waals surface area contributed by atoms with Crippen molar-refractivity contribution in [1.29, 1.82) is 0 Å². The number of methoxy groups -OCH3 is 1. The maximum absolute atomic E-state index is 5.36. The average molecular weight is 275 g/mol. The van der Waals surface area contributed by atoms with E-state index in [0.717, 1.165) is 19.6 Å². The summed E-state index contributed by atoms with van der Waals surface area (Å²) < 4.78 is 9.11. The van der Waals surface area contributed by atoms with Gasteiger partial charge in [0.15, 0.2) is 0 Å². The summed E-state index contributed by atoms with van der Waals surface area (Å²) in [6.07, 6.45) is 6.13. The average Bonchev–Trinajstić information content (AvgIpc) is 2.95. The van der Waals surface area contributed by atoms with Crippen LogP contribution in [0.1, 0.15) is 22.7 Å². The standard InChI is InChI=1S/C14H21N5O/c1-17-5-11(4-15-17)6-19-8-12-7-18(2)16-14(12)13(9-19)10-20-3/h4-5,7,13H,6,8-10H2,1-3H3. The number of fused-ring (bicyclic) bond motifs is 1. The number of nitrogens with zero attached hydrogens (tertiary/aromatic N) is 5. The van der Waals surface area contributed by atoms with Crippen LogP contribution in [0.25, 0.3) is 0 Å². The molecule has 20 heavy (non-hydrogen) atoms. The Morgan fingerprint density at radius 1 is 1.30 bits per heavy atom. The van der Waals surface area contributed by atoms with E-state index in [9.17, 15) is 0 Å². The molecule has 1 aliphatic rings. The zero-order chi connectivity index (χ0) is 14.1. The Hall–Kier alpha value is -1.66. The van der Waals surface area contributed by atoms with Gasteiger partial charge in [-0.1, -0.05) is 0 Å². The van der Waals surface area contributed by atoms with Gasteiger partial charge in [0, 0.05) is 70.3 Å². The highest BCUT2D eigenvalue weighted by Crippen LogP contribution is 2.28. The molecule has 1 atom stereocenters. The van der Waals surface area contributed by atoms with Crippen LogP contribution in [0.5, 0.6) is 0 Å². The molecule has 3 heterocycles. The van der Waals surface area contributed by atoms with Crippen LogP contribution in [-0.4, -0.2) is 44.7 Å². The van der Waals surface area contributed by atoms with Crippen molar-refractivity contribution in [3.05, 3.63) is 35.4 Å². The fourth-order valence-corrected chi connectivity index (χ4v) is 2.99. The van der Waals surface area contributed by atoms with Gasteiger partial charge in [-0.2, -0.15) is 10.2 Å². The highest BCUT2D eigenvalue weighted by Gasteiger charge is 2.28. The molecule has 6 heteroatoms. The number of aryl methyl sites for hydroxylation is 2. The maximum atomic E-state index is 5.36. The van der Waals surface area contributed by atoms with Gasteiger partial charge in [0.05, 0.1) is 18.5 Å². The molecule has 1 aliphatic heterocycles. The van der Waals surface area contributed by atoms with E-state index in [-0.39, 0.29) is 0 Å². The molecule has 0 saturated heterocycles. The summed E-state index contributed by atoms with van der Waals surface area (Å²) in [7, 11) is 5.68. The summed E-state index contributed by atoms with van der Waals surface area (Å²) in [5.41, 5.74) is 3.75. The second kappa shape index (κ2) is 5.38. The van der Waals surface area contributed by atoms with Crippen molar-refractivity contribution in [2.24, 2.45) is 14.1 Å². The fraction of sp³-hybridized carbons (Fsp3) is 0.571. The summed E-state index contributed by atoms with van der Waals surface area (Å²) in [6.45, 7) is 3.56. The second-order valence-corrected chi connectivity index (χ2v) is 5.56. The first-order valence-electron chi connectivity index (χ1n) is 6.87. The molecule has 108 valence electrons. The van der Waals surface area contributed by atoms with E-state index in [1.165, 1.54) is 16.8 Å². The van der Waals surface area contributed by atoms with Gasteiger partial charge in [-0.05, 0) is 0 Å². The van der Waals surface area contributed by atoms with Crippen molar-refractivity contribution >= 4 is 0 Å². The predicted octanol–water partition coefficient (Wildman–Crippen LogP) is 0.899. The lowest BCUT2D eigenvalue weighted by atomic mass is 9.97. The zero-order valence-electron chi connectivity index (χ0n) is 12.3. The number of aromatic nitrogens is 4. The fourth-order valence-electron chi connectivity index (χ4n) is 2.99. The van der Waals surface area contributed by atoms with Crippen LogP contribution < -0.4 is 0 Å². The van der Waals surface area contributed by atoms with Gasteiger partial charge in [-0.15, -0.1) is 0 Å². The molecule has 1 unspecified atom stereocenters. The van der Waals surface area contributed by atoms with Gasteiger partial charge in [-0.3, -0.25) is 14.3 Å². The molecule has 2 aromatic rings. The Morgan fingerprint density at radius 2 is 2.15 bits per heavy atom.